The van der Waals surface area contributed by atoms with Crippen molar-refractivity contribution >= 4 is 0 Å². The predicted molar refractivity (Wildman–Crippen MR) is 66.0 cm³/mol. The van der Waals surface area contributed by atoms with Crippen molar-refractivity contribution in [3.63, 3.8) is 0 Å². The number of benzene rings is 2. The third kappa shape index (κ3) is 2.36. The van der Waals surface area contributed by atoms with Crippen molar-refractivity contribution < 1.29 is 8.78 Å². The van der Waals surface area contributed by atoms with Crippen LogP contribution in [0.3, 0.4) is 0 Å². The first-order valence-corrected chi connectivity index (χ1v) is 5.51. The molecule has 0 nitrogen and oxygen atoms in total. The average molecular weight is 232 g/mol. The molecule has 0 saturated heterocycles. The summed E-state index contributed by atoms with van der Waals surface area (Å²) in [7, 11) is 0. The minimum atomic E-state index is -0.542. The van der Waals surface area contributed by atoms with Crippen LogP contribution in [0.4, 0.5) is 8.78 Å². The van der Waals surface area contributed by atoms with Gasteiger partial charge in [-0.25, -0.2) is 8.78 Å². The summed E-state index contributed by atoms with van der Waals surface area (Å²) in [6.45, 7) is 5.92. The van der Waals surface area contributed by atoms with Crippen molar-refractivity contribution in [3.05, 3.63) is 58.7 Å². The van der Waals surface area contributed by atoms with Crippen molar-refractivity contribution in [3.8, 4) is 11.1 Å². The summed E-state index contributed by atoms with van der Waals surface area (Å²) < 4.78 is 26.4. The molecule has 0 amide bonds. The maximum atomic E-state index is 13.2. The Hall–Kier alpha value is -1.70. The summed E-state index contributed by atoms with van der Waals surface area (Å²) >= 11 is 0. The standard InChI is InChI=1S/C15H14F2/c1-9-4-10(2)15(11(3)5-9)12-6-13(16)8-14(17)7-12/h4-8H,1-3H3. The quantitative estimate of drug-likeness (QED) is 0.676. The van der Waals surface area contributed by atoms with Gasteiger partial charge in [0.2, 0.25) is 0 Å². The summed E-state index contributed by atoms with van der Waals surface area (Å²) in [6.07, 6.45) is 0. The fraction of sp³-hybridized carbons (Fsp3) is 0.200. The molecule has 0 saturated carbocycles. The first-order valence-electron chi connectivity index (χ1n) is 5.51. The van der Waals surface area contributed by atoms with Gasteiger partial charge >= 0.3 is 0 Å². The van der Waals surface area contributed by atoms with E-state index in [4.69, 9.17) is 0 Å². The highest BCUT2D eigenvalue weighted by Gasteiger charge is 2.09. The van der Waals surface area contributed by atoms with Crippen LogP contribution >= 0.6 is 0 Å². The first-order chi connectivity index (χ1) is 7.97. The normalized spacial score (nSPS) is 10.6. The molecule has 0 bridgehead atoms. The number of aryl methyl sites for hydroxylation is 3. The molecule has 0 aliphatic rings. The maximum Gasteiger partial charge on any atom is 0.126 e. The zero-order chi connectivity index (χ0) is 12.6. The van der Waals surface area contributed by atoms with Gasteiger partial charge in [-0.1, -0.05) is 17.7 Å². The number of rotatable bonds is 1. The van der Waals surface area contributed by atoms with Crippen LogP contribution in [0, 0.1) is 32.4 Å². The average Bonchev–Trinajstić information content (AvgIpc) is 2.13. The maximum absolute atomic E-state index is 13.2. The summed E-state index contributed by atoms with van der Waals surface area (Å²) in [5.74, 6) is -1.08. The molecule has 2 rings (SSSR count). The van der Waals surface area contributed by atoms with Crippen LogP contribution in [-0.2, 0) is 0 Å². The first kappa shape index (κ1) is 11.8. The lowest BCUT2D eigenvalue weighted by Gasteiger charge is -2.11. The Labute approximate surface area is 99.9 Å². The smallest absolute Gasteiger partial charge is 0.126 e. The van der Waals surface area contributed by atoms with Crippen LogP contribution in [0.25, 0.3) is 11.1 Å². The predicted octanol–water partition coefficient (Wildman–Crippen LogP) is 4.56. The van der Waals surface area contributed by atoms with Crippen LogP contribution in [0.15, 0.2) is 30.3 Å². The van der Waals surface area contributed by atoms with Gasteiger partial charge in [-0.15, -0.1) is 0 Å². The van der Waals surface area contributed by atoms with E-state index >= 15 is 0 Å². The molecule has 0 heterocycles. The van der Waals surface area contributed by atoms with Crippen LogP contribution in [0.2, 0.25) is 0 Å². The molecule has 0 aromatic heterocycles. The number of halogens is 2. The van der Waals surface area contributed by atoms with E-state index < -0.39 is 11.6 Å². The second kappa shape index (κ2) is 4.28. The van der Waals surface area contributed by atoms with Crippen molar-refractivity contribution in [1.29, 1.82) is 0 Å². The minimum absolute atomic E-state index is 0.542. The fourth-order valence-corrected chi connectivity index (χ4v) is 2.33. The van der Waals surface area contributed by atoms with E-state index in [0.29, 0.717) is 5.56 Å². The summed E-state index contributed by atoms with van der Waals surface area (Å²) in [4.78, 5) is 0. The zero-order valence-corrected chi connectivity index (χ0v) is 10.1. The van der Waals surface area contributed by atoms with E-state index in [9.17, 15) is 8.78 Å². The highest BCUT2D eigenvalue weighted by Crippen LogP contribution is 2.29. The largest absolute Gasteiger partial charge is 0.207 e. The van der Waals surface area contributed by atoms with Gasteiger partial charge in [-0.2, -0.15) is 0 Å². The van der Waals surface area contributed by atoms with Crippen LogP contribution < -0.4 is 0 Å². The van der Waals surface area contributed by atoms with Crippen LogP contribution in [0.1, 0.15) is 16.7 Å². The molecule has 0 spiro atoms. The molecule has 0 radical (unpaired) electrons. The van der Waals surface area contributed by atoms with Gasteiger partial charge in [0.1, 0.15) is 11.6 Å². The molecule has 0 N–H and O–H groups in total. The van der Waals surface area contributed by atoms with E-state index in [1.165, 1.54) is 12.1 Å². The Morgan fingerprint density at radius 3 is 1.65 bits per heavy atom. The fourth-order valence-electron chi connectivity index (χ4n) is 2.33. The van der Waals surface area contributed by atoms with Crippen LogP contribution in [0.5, 0.6) is 0 Å². The highest BCUT2D eigenvalue weighted by atomic mass is 19.1. The SMILES string of the molecule is Cc1cc(C)c(-c2cc(F)cc(F)c2)c(C)c1. The van der Waals surface area contributed by atoms with Crippen molar-refractivity contribution in [2.45, 2.75) is 20.8 Å². The highest BCUT2D eigenvalue weighted by molar-refractivity contribution is 5.71. The lowest BCUT2D eigenvalue weighted by molar-refractivity contribution is 0.584. The molecule has 88 valence electrons. The monoisotopic (exact) mass is 232 g/mol. The minimum Gasteiger partial charge on any atom is -0.207 e. The summed E-state index contributed by atoms with van der Waals surface area (Å²) in [5, 5.41) is 0. The van der Waals surface area contributed by atoms with Gasteiger partial charge in [-0.05, 0) is 55.2 Å². The van der Waals surface area contributed by atoms with Crippen molar-refractivity contribution in [2.75, 3.05) is 0 Å². The second-order valence-electron chi connectivity index (χ2n) is 4.43. The Morgan fingerprint density at radius 1 is 0.706 bits per heavy atom. The van der Waals surface area contributed by atoms with Gasteiger partial charge < -0.3 is 0 Å². The molecule has 0 aliphatic carbocycles. The van der Waals surface area contributed by atoms with Crippen molar-refractivity contribution in [2.24, 2.45) is 0 Å². The third-order valence-corrected chi connectivity index (χ3v) is 2.83. The van der Waals surface area contributed by atoms with Gasteiger partial charge in [0.25, 0.3) is 0 Å². The van der Waals surface area contributed by atoms with E-state index in [1.807, 2.05) is 32.9 Å². The summed E-state index contributed by atoms with van der Waals surface area (Å²) in [6, 6.07) is 7.67. The molecule has 2 heteroatoms. The molecule has 0 atom stereocenters. The Bertz CT molecular complexity index is 528. The van der Waals surface area contributed by atoms with Crippen LogP contribution in [-0.4, -0.2) is 0 Å². The zero-order valence-electron chi connectivity index (χ0n) is 10.1. The lowest BCUT2D eigenvalue weighted by atomic mass is 9.94. The van der Waals surface area contributed by atoms with Gasteiger partial charge in [-0.3, -0.25) is 0 Å². The Balaban J connectivity index is 2.68. The van der Waals surface area contributed by atoms with Gasteiger partial charge in [0.15, 0.2) is 0 Å². The molecule has 0 unspecified atom stereocenters. The molecule has 0 aliphatic heterocycles. The Kier molecular flexibility index (Phi) is 2.97. The molecule has 2 aromatic rings. The Morgan fingerprint density at radius 2 is 1.18 bits per heavy atom. The van der Waals surface area contributed by atoms with Gasteiger partial charge in [0, 0.05) is 6.07 Å². The summed E-state index contributed by atoms with van der Waals surface area (Å²) in [5.41, 5.74) is 4.73. The second-order valence-corrected chi connectivity index (χ2v) is 4.43. The molecular weight excluding hydrogens is 218 g/mol. The van der Waals surface area contributed by atoms with E-state index in [0.717, 1.165) is 28.3 Å². The van der Waals surface area contributed by atoms with E-state index in [1.54, 1.807) is 0 Å². The molecule has 17 heavy (non-hydrogen) atoms. The number of hydrogen-bond acceptors (Lipinski definition) is 0. The lowest BCUT2D eigenvalue weighted by Crippen LogP contribution is -1.92. The number of hydrogen-bond donors (Lipinski definition) is 0. The van der Waals surface area contributed by atoms with E-state index in [2.05, 4.69) is 0 Å². The molecular formula is C15H14F2. The third-order valence-electron chi connectivity index (χ3n) is 2.83. The topological polar surface area (TPSA) is 0 Å². The van der Waals surface area contributed by atoms with E-state index in [-0.39, 0.29) is 0 Å². The molecule has 2 aromatic carbocycles. The molecule has 0 fully saturated rings. The van der Waals surface area contributed by atoms with Gasteiger partial charge in [0.05, 0.1) is 0 Å². The van der Waals surface area contributed by atoms with Crippen molar-refractivity contribution in [1.82, 2.24) is 0 Å².